The van der Waals surface area contributed by atoms with E-state index in [0.29, 0.717) is 19.1 Å². The summed E-state index contributed by atoms with van der Waals surface area (Å²) in [6.45, 7) is 7.77. The fourth-order valence-corrected chi connectivity index (χ4v) is 2.99. The highest BCUT2D eigenvalue weighted by molar-refractivity contribution is 5.92. The van der Waals surface area contributed by atoms with E-state index in [4.69, 9.17) is 0 Å². The third kappa shape index (κ3) is 5.09. The van der Waals surface area contributed by atoms with Crippen molar-refractivity contribution in [1.29, 1.82) is 0 Å². The molecule has 0 aromatic heterocycles. The van der Waals surface area contributed by atoms with Gasteiger partial charge in [0.15, 0.2) is 0 Å². The number of amides is 1. The van der Waals surface area contributed by atoms with Crippen LogP contribution in [0.5, 0.6) is 0 Å². The van der Waals surface area contributed by atoms with Gasteiger partial charge in [-0.05, 0) is 25.5 Å². The van der Waals surface area contributed by atoms with E-state index in [1.165, 1.54) is 0 Å². The van der Waals surface area contributed by atoms with E-state index < -0.39 is 0 Å². The smallest absolute Gasteiger partial charge is 0.238 e. The zero-order valence-corrected chi connectivity index (χ0v) is 13.5. The van der Waals surface area contributed by atoms with Gasteiger partial charge in [-0.15, -0.1) is 0 Å². The van der Waals surface area contributed by atoms with Crippen molar-refractivity contribution in [2.75, 3.05) is 38.0 Å². The lowest BCUT2D eigenvalue weighted by Crippen LogP contribution is -2.55. The van der Waals surface area contributed by atoms with Crippen LogP contribution in [0.15, 0.2) is 30.3 Å². The number of nitrogens with zero attached hydrogens (tertiary/aromatic N) is 2. The maximum Gasteiger partial charge on any atom is 0.238 e. The molecule has 5 heteroatoms. The Kier molecular flexibility index (Phi) is 6.36. The first-order valence-electron chi connectivity index (χ1n) is 8.08. The molecule has 122 valence electrons. The summed E-state index contributed by atoms with van der Waals surface area (Å²) in [6, 6.07) is 9.96. The molecule has 0 aliphatic carbocycles. The van der Waals surface area contributed by atoms with Crippen molar-refractivity contribution in [2.45, 2.75) is 32.4 Å². The molecule has 2 unspecified atom stereocenters. The summed E-state index contributed by atoms with van der Waals surface area (Å²) in [5.41, 5.74) is 0.840. The van der Waals surface area contributed by atoms with E-state index in [-0.39, 0.29) is 12.0 Å². The summed E-state index contributed by atoms with van der Waals surface area (Å²) in [5.74, 6) is 0.0324. The van der Waals surface area contributed by atoms with Crippen molar-refractivity contribution in [3.05, 3.63) is 30.3 Å². The maximum atomic E-state index is 12.1. The first-order chi connectivity index (χ1) is 10.6. The van der Waals surface area contributed by atoms with Crippen molar-refractivity contribution >= 4 is 11.6 Å². The Hall–Kier alpha value is -1.43. The number of hydrogen-bond acceptors (Lipinski definition) is 4. The van der Waals surface area contributed by atoms with Crippen molar-refractivity contribution in [3.63, 3.8) is 0 Å². The Labute approximate surface area is 132 Å². The van der Waals surface area contributed by atoms with Crippen LogP contribution in [0.2, 0.25) is 0 Å². The summed E-state index contributed by atoms with van der Waals surface area (Å²) < 4.78 is 0. The van der Waals surface area contributed by atoms with Crippen LogP contribution in [-0.4, -0.2) is 65.7 Å². The normalized spacial score (nSPS) is 21.5. The molecule has 2 atom stereocenters. The average molecular weight is 305 g/mol. The SMILES string of the molecule is CCC1CN(CC(=O)Nc2ccccc2)CCN1CC(C)O. The number of nitrogens with one attached hydrogen (secondary N) is 1. The topological polar surface area (TPSA) is 55.8 Å². The van der Waals surface area contributed by atoms with Gasteiger partial charge in [0.05, 0.1) is 12.6 Å². The molecule has 1 aliphatic rings. The minimum absolute atomic E-state index is 0.0324. The number of aliphatic hydroxyl groups excluding tert-OH is 1. The Balaban J connectivity index is 1.83. The molecule has 1 aromatic carbocycles. The average Bonchev–Trinajstić information content (AvgIpc) is 2.49. The predicted octanol–water partition coefficient (Wildman–Crippen LogP) is 1.40. The summed E-state index contributed by atoms with van der Waals surface area (Å²) in [7, 11) is 0. The highest BCUT2D eigenvalue weighted by Gasteiger charge is 2.27. The van der Waals surface area contributed by atoms with Crippen LogP contribution in [0, 0.1) is 0 Å². The Morgan fingerprint density at radius 2 is 2.09 bits per heavy atom. The van der Waals surface area contributed by atoms with Gasteiger partial charge in [-0.2, -0.15) is 0 Å². The van der Waals surface area contributed by atoms with E-state index in [1.54, 1.807) is 0 Å². The number of para-hydroxylation sites is 1. The van der Waals surface area contributed by atoms with Crippen LogP contribution >= 0.6 is 0 Å². The van der Waals surface area contributed by atoms with Gasteiger partial charge in [0.2, 0.25) is 5.91 Å². The molecule has 5 nitrogen and oxygen atoms in total. The molecule has 0 saturated carbocycles. The number of hydrogen-bond donors (Lipinski definition) is 2. The van der Waals surface area contributed by atoms with Crippen LogP contribution in [0.25, 0.3) is 0 Å². The lowest BCUT2D eigenvalue weighted by molar-refractivity contribution is -0.118. The van der Waals surface area contributed by atoms with Crippen LogP contribution in [-0.2, 0) is 4.79 Å². The molecule has 2 N–H and O–H groups in total. The van der Waals surface area contributed by atoms with Gasteiger partial charge in [-0.3, -0.25) is 14.6 Å². The van der Waals surface area contributed by atoms with Crippen LogP contribution in [0.1, 0.15) is 20.3 Å². The van der Waals surface area contributed by atoms with Gasteiger partial charge >= 0.3 is 0 Å². The van der Waals surface area contributed by atoms with Crippen LogP contribution in [0.3, 0.4) is 0 Å². The third-order valence-electron chi connectivity index (χ3n) is 4.08. The molecular weight excluding hydrogens is 278 g/mol. The highest BCUT2D eigenvalue weighted by atomic mass is 16.3. The highest BCUT2D eigenvalue weighted by Crippen LogP contribution is 2.13. The number of piperazine rings is 1. The van der Waals surface area contributed by atoms with Gasteiger partial charge in [0.25, 0.3) is 0 Å². The fraction of sp³-hybridized carbons (Fsp3) is 0.588. The number of carbonyl (C=O) groups excluding carboxylic acids is 1. The monoisotopic (exact) mass is 305 g/mol. The molecule has 0 radical (unpaired) electrons. The standard InChI is InChI=1S/C17H27N3O2/c1-3-16-12-19(9-10-20(16)11-14(2)21)13-17(22)18-15-7-5-4-6-8-15/h4-8,14,16,21H,3,9-13H2,1-2H3,(H,18,22). The summed E-state index contributed by atoms with van der Waals surface area (Å²) in [5, 5.41) is 12.5. The van der Waals surface area contributed by atoms with Crippen molar-refractivity contribution in [2.24, 2.45) is 0 Å². The Bertz CT molecular complexity index is 464. The first-order valence-corrected chi connectivity index (χ1v) is 8.08. The lowest BCUT2D eigenvalue weighted by Gasteiger charge is -2.41. The van der Waals surface area contributed by atoms with Crippen molar-refractivity contribution in [3.8, 4) is 0 Å². The molecule has 1 aromatic rings. The van der Waals surface area contributed by atoms with Gasteiger partial charge in [-0.25, -0.2) is 0 Å². The molecule has 1 saturated heterocycles. The third-order valence-corrected chi connectivity index (χ3v) is 4.08. The zero-order chi connectivity index (χ0) is 15.9. The first kappa shape index (κ1) is 16.9. The second kappa shape index (κ2) is 8.27. The Morgan fingerprint density at radius 1 is 1.36 bits per heavy atom. The summed E-state index contributed by atoms with van der Waals surface area (Å²) >= 11 is 0. The second-order valence-electron chi connectivity index (χ2n) is 6.06. The molecule has 1 fully saturated rings. The van der Waals surface area contributed by atoms with Crippen molar-refractivity contribution in [1.82, 2.24) is 9.80 Å². The van der Waals surface area contributed by atoms with E-state index >= 15 is 0 Å². The minimum Gasteiger partial charge on any atom is -0.392 e. The van der Waals surface area contributed by atoms with E-state index in [9.17, 15) is 9.90 Å². The quantitative estimate of drug-likeness (QED) is 0.834. The molecular formula is C17H27N3O2. The number of β-amino-alcohol motifs (C(OH)–C–C–N with tert-alkyl or cyclic N) is 1. The summed E-state index contributed by atoms with van der Waals surface area (Å²) in [6.07, 6.45) is 0.728. The molecule has 1 amide bonds. The number of benzene rings is 1. The second-order valence-corrected chi connectivity index (χ2v) is 6.06. The summed E-state index contributed by atoms with van der Waals surface area (Å²) in [4.78, 5) is 16.7. The fourth-order valence-electron chi connectivity index (χ4n) is 2.99. The molecule has 1 heterocycles. The van der Waals surface area contributed by atoms with Gasteiger partial charge < -0.3 is 10.4 Å². The minimum atomic E-state index is -0.304. The number of aliphatic hydroxyl groups is 1. The Morgan fingerprint density at radius 3 is 2.73 bits per heavy atom. The zero-order valence-electron chi connectivity index (χ0n) is 13.5. The van der Waals surface area contributed by atoms with Crippen molar-refractivity contribution < 1.29 is 9.90 Å². The van der Waals surface area contributed by atoms with Gasteiger partial charge in [0.1, 0.15) is 0 Å². The molecule has 0 spiro atoms. The van der Waals surface area contributed by atoms with Crippen LogP contribution in [0.4, 0.5) is 5.69 Å². The molecule has 2 rings (SSSR count). The lowest BCUT2D eigenvalue weighted by atomic mass is 10.1. The van der Waals surface area contributed by atoms with E-state index in [1.807, 2.05) is 37.3 Å². The van der Waals surface area contributed by atoms with Gasteiger partial charge in [0, 0.05) is 37.9 Å². The largest absolute Gasteiger partial charge is 0.392 e. The molecule has 1 aliphatic heterocycles. The van der Waals surface area contributed by atoms with E-state index in [2.05, 4.69) is 22.0 Å². The van der Waals surface area contributed by atoms with Gasteiger partial charge in [-0.1, -0.05) is 25.1 Å². The molecule has 22 heavy (non-hydrogen) atoms. The predicted molar refractivity (Wildman–Crippen MR) is 88.8 cm³/mol. The van der Waals surface area contributed by atoms with Crippen LogP contribution < -0.4 is 5.32 Å². The maximum absolute atomic E-state index is 12.1. The van der Waals surface area contributed by atoms with E-state index in [0.717, 1.165) is 31.7 Å². The number of rotatable bonds is 6. The number of carbonyl (C=O) groups is 1. The number of anilines is 1. The molecule has 0 bridgehead atoms.